The molecule has 0 radical (unpaired) electrons. The van der Waals surface area contributed by atoms with Crippen LogP contribution in [-0.4, -0.2) is 43.6 Å². The Hall–Kier alpha value is -1.12. The van der Waals surface area contributed by atoms with Crippen LogP contribution < -0.4 is 10.6 Å². The van der Waals surface area contributed by atoms with E-state index in [-0.39, 0.29) is 11.3 Å². The molecule has 0 spiro atoms. The van der Waals surface area contributed by atoms with Gasteiger partial charge in [0, 0.05) is 19.6 Å². The summed E-state index contributed by atoms with van der Waals surface area (Å²) in [5, 5.41) is 8.25. The highest BCUT2D eigenvalue weighted by atomic mass is 32.2. The number of carbonyl (C=O) groups excluding carboxylic acids is 1. The normalized spacial score (nSPS) is 20.7. The molecule has 2 fully saturated rings. The first-order valence-corrected chi connectivity index (χ1v) is 10.0. The monoisotopic (exact) mass is 343 g/mol. The molecular weight excluding hydrogens is 322 g/mol. The zero-order valence-corrected chi connectivity index (χ0v) is 14.0. The second-order valence-electron chi connectivity index (χ2n) is 5.90. The number of urea groups is 1. The Kier molecular flexibility index (Phi) is 4.70. The molecule has 1 aromatic heterocycles. The number of piperidine rings is 1. The minimum absolute atomic E-state index is 0.126. The van der Waals surface area contributed by atoms with Gasteiger partial charge in [0.1, 0.15) is 0 Å². The second-order valence-corrected chi connectivity index (χ2v) is 9.06. The van der Waals surface area contributed by atoms with Gasteiger partial charge in [-0.3, -0.25) is 5.32 Å². The van der Waals surface area contributed by atoms with Crippen LogP contribution in [0.4, 0.5) is 9.80 Å². The summed E-state index contributed by atoms with van der Waals surface area (Å²) in [6.45, 7) is 1.75. The number of thiophene rings is 1. The van der Waals surface area contributed by atoms with E-state index in [2.05, 4.69) is 10.6 Å². The minimum Gasteiger partial charge on any atom is -0.338 e. The SMILES string of the molecule is O=C(NCC1CCN(S(=O)(=O)C2CC2)CC1)Nc1cccs1. The topological polar surface area (TPSA) is 78.5 Å². The van der Waals surface area contributed by atoms with E-state index in [1.807, 2.05) is 17.5 Å². The lowest BCUT2D eigenvalue weighted by Crippen LogP contribution is -2.43. The predicted molar refractivity (Wildman–Crippen MR) is 87.6 cm³/mol. The van der Waals surface area contributed by atoms with Crippen molar-refractivity contribution in [1.82, 2.24) is 9.62 Å². The molecule has 8 heteroatoms. The summed E-state index contributed by atoms with van der Waals surface area (Å²) in [6, 6.07) is 3.54. The van der Waals surface area contributed by atoms with Crippen molar-refractivity contribution in [1.29, 1.82) is 0 Å². The lowest BCUT2D eigenvalue weighted by atomic mass is 9.98. The van der Waals surface area contributed by atoms with Crippen LogP contribution in [0.15, 0.2) is 17.5 Å². The number of nitrogens with one attached hydrogen (secondary N) is 2. The first kappa shape index (κ1) is 15.8. The fraction of sp³-hybridized carbons (Fsp3) is 0.643. The summed E-state index contributed by atoms with van der Waals surface area (Å²) in [5.41, 5.74) is 0. The number of hydrogen-bond donors (Lipinski definition) is 2. The van der Waals surface area contributed by atoms with Crippen LogP contribution in [0.25, 0.3) is 0 Å². The van der Waals surface area contributed by atoms with Gasteiger partial charge < -0.3 is 5.32 Å². The van der Waals surface area contributed by atoms with E-state index >= 15 is 0 Å². The van der Waals surface area contributed by atoms with E-state index in [4.69, 9.17) is 0 Å². The molecule has 0 unspecified atom stereocenters. The molecule has 1 saturated carbocycles. The van der Waals surface area contributed by atoms with Gasteiger partial charge in [-0.2, -0.15) is 0 Å². The summed E-state index contributed by atoms with van der Waals surface area (Å²) < 4.78 is 25.9. The van der Waals surface area contributed by atoms with Gasteiger partial charge in [-0.25, -0.2) is 17.5 Å². The van der Waals surface area contributed by atoms with E-state index in [1.165, 1.54) is 11.3 Å². The van der Waals surface area contributed by atoms with Crippen molar-refractivity contribution in [2.45, 2.75) is 30.9 Å². The fourth-order valence-corrected chi connectivity index (χ4v) is 5.17. The lowest BCUT2D eigenvalue weighted by molar-refractivity contribution is 0.240. The number of carbonyl (C=O) groups is 1. The largest absolute Gasteiger partial charge is 0.338 e. The number of sulfonamides is 1. The Balaban J connectivity index is 1.39. The zero-order chi connectivity index (χ0) is 15.6. The highest BCUT2D eigenvalue weighted by Crippen LogP contribution is 2.33. The molecule has 1 aromatic rings. The van der Waals surface area contributed by atoms with Crippen molar-refractivity contribution in [3.05, 3.63) is 17.5 Å². The van der Waals surface area contributed by atoms with E-state index in [1.54, 1.807) is 4.31 Å². The third-order valence-electron chi connectivity index (χ3n) is 4.19. The molecule has 0 aromatic carbocycles. The summed E-state index contributed by atoms with van der Waals surface area (Å²) in [6.07, 6.45) is 3.25. The minimum atomic E-state index is -3.04. The van der Waals surface area contributed by atoms with Crippen LogP contribution in [-0.2, 0) is 10.0 Å². The summed E-state index contributed by atoms with van der Waals surface area (Å²) in [7, 11) is -3.04. The lowest BCUT2D eigenvalue weighted by Gasteiger charge is -2.31. The second kappa shape index (κ2) is 6.55. The molecule has 2 amide bonds. The molecule has 0 atom stereocenters. The Labute approximate surface area is 134 Å². The molecule has 1 aliphatic heterocycles. The molecule has 0 bridgehead atoms. The first-order valence-electron chi connectivity index (χ1n) is 7.63. The van der Waals surface area contributed by atoms with Crippen molar-refractivity contribution in [2.75, 3.05) is 25.0 Å². The van der Waals surface area contributed by atoms with Gasteiger partial charge in [0.25, 0.3) is 0 Å². The van der Waals surface area contributed by atoms with Crippen molar-refractivity contribution >= 4 is 32.4 Å². The van der Waals surface area contributed by atoms with Gasteiger partial charge in [-0.1, -0.05) is 0 Å². The third-order valence-corrected chi connectivity index (χ3v) is 7.37. The molecular formula is C14H21N3O3S2. The number of hydrogen-bond acceptors (Lipinski definition) is 4. The average Bonchev–Trinajstić information content (AvgIpc) is 3.26. The molecule has 2 N–H and O–H groups in total. The third kappa shape index (κ3) is 3.80. The van der Waals surface area contributed by atoms with E-state index in [9.17, 15) is 13.2 Å². The quantitative estimate of drug-likeness (QED) is 0.859. The highest BCUT2D eigenvalue weighted by Gasteiger charge is 2.41. The van der Waals surface area contributed by atoms with Crippen molar-refractivity contribution in [2.24, 2.45) is 5.92 Å². The van der Waals surface area contributed by atoms with Crippen molar-refractivity contribution < 1.29 is 13.2 Å². The Morgan fingerprint density at radius 1 is 1.27 bits per heavy atom. The summed E-state index contributed by atoms with van der Waals surface area (Å²) in [5.74, 6) is 0.347. The van der Waals surface area contributed by atoms with Crippen LogP contribution in [0.3, 0.4) is 0 Å². The van der Waals surface area contributed by atoms with E-state index < -0.39 is 10.0 Å². The number of rotatable bonds is 5. The number of nitrogens with zero attached hydrogens (tertiary/aromatic N) is 1. The fourth-order valence-electron chi connectivity index (χ4n) is 2.69. The van der Waals surface area contributed by atoms with Gasteiger partial charge in [0.2, 0.25) is 10.0 Å². The summed E-state index contributed by atoms with van der Waals surface area (Å²) in [4.78, 5) is 11.8. The highest BCUT2D eigenvalue weighted by molar-refractivity contribution is 7.90. The number of anilines is 1. The smallest absolute Gasteiger partial charge is 0.319 e. The maximum absolute atomic E-state index is 12.1. The van der Waals surface area contributed by atoms with Crippen LogP contribution in [0.1, 0.15) is 25.7 Å². The van der Waals surface area contributed by atoms with Crippen molar-refractivity contribution in [3.8, 4) is 0 Å². The van der Waals surface area contributed by atoms with Gasteiger partial charge in [0.05, 0.1) is 10.3 Å². The van der Waals surface area contributed by atoms with E-state index in [0.717, 1.165) is 30.7 Å². The van der Waals surface area contributed by atoms with Gasteiger partial charge in [-0.05, 0) is 49.1 Å². The standard InChI is InChI=1S/C14H21N3O3S2/c18-14(16-13-2-1-9-21-13)15-10-11-5-7-17(8-6-11)22(19,20)12-3-4-12/h1-2,9,11-12H,3-8,10H2,(H2,15,16,18). The Bertz CT molecular complexity index is 603. The molecule has 6 nitrogen and oxygen atoms in total. The molecule has 2 aliphatic rings. The molecule has 1 aliphatic carbocycles. The molecule has 3 rings (SSSR count). The molecule has 122 valence electrons. The zero-order valence-electron chi connectivity index (χ0n) is 12.3. The maximum Gasteiger partial charge on any atom is 0.319 e. The van der Waals surface area contributed by atoms with Crippen LogP contribution in [0.5, 0.6) is 0 Å². The van der Waals surface area contributed by atoms with Gasteiger partial charge >= 0.3 is 6.03 Å². The molecule has 22 heavy (non-hydrogen) atoms. The molecule has 2 heterocycles. The van der Waals surface area contributed by atoms with Crippen LogP contribution in [0, 0.1) is 5.92 Å². The predicted octanol–water partition coefficient (Wildman–Crippen LogP) is 2.07. The first-order chi connectivity index (χ1) is 10.6. The maximum atomic E-state index is 12.1. The summed E-state index contributed by atoms with van der Waals surface area (Å²) >= 11 is 1.48. The Morgan fingerprint density at radius 2 is 2.00 bits per heavy atom. The van der Waals surface area contributed by atoms with Crippen LogP contribution in [0.2, 0.25) is 0 Å². The van der Waals surface area contributed by atoms with E-state index in [0.29, 0.717) is 25.6 Å². The van der Waals surface area contributed by atoms with Gasteiger partial charge in [-0.15, -0.1) is 11.3 Å². The van der Waals surface area contributed by atoms with Gasteiger partial charge in [0.15, 0.2) is 0 Å². The Morgan fingerprint density at radius 3 is 2.59 bits per heavy atom. The average molecular weight is 343 g/mol. The van der Waals surface area contributed by atoms with Crippen molar-refractivity contribution in [3.63, 3.8) is 0 Å². The molecule has 1 saturated heterocycles. The number of amides is 2. The van der Waals surface area contributed by atoms with Crippen LogP contribution >= 0.6 is 11.3 Å².